The van der Waals surface area contributed by atoms with Crippen LogP contribution in [0.2, 0.25) is 0 Å². The van der Waals surface area contributed by atoms with E-state index in [1.54, 1.807) is 16.0 Å². The summed E-state index contributed by atoms with van der Waals surface area (Å²) in [5.41, 5.74) is 0. The van der Waals surface area contributed by atoms with Crippen LogP contribution in [0.15, 0.2) is 17.5 Å². The van der Waals surface area contributed by atoms with Gasteiger partial charge in [-0.05, 0) is 11.4 Å². The van der Waals surface area contributed by atoms with E-state index in [-0.39, 0.29) is 17.5 Å². The fourth-order valence-corrected chi connectivity index (χ4v) is 4.42. The van der Waals surface area contributed by atoms with Gasteiger partial charge in [-0.25, -0.2) is 13.4 Å². The zero-order valence-electron chi connectivity index (χ0n) is 11.1. The van der Waals surface area contributed by atoms with Gasteiger partial charge in [-0.3, -0.25) is 4.68 Å². The van der Waals surface area contributed by atoms with Crippen LogP contribution in [0.5, 0.6) is 0 Å². The SMILES string of the molecule is Cn1nc(-c2cccs2)nc1CC1CS(=O)(=O)CCN1. The van der Waals surface area contributed by atoms with E-state index >= 15 is 0 Å². The van der Waals surface area contributed by atoms with Crippen molar-refractivity contribution < 1.29 is 8.42 Å². The molecule has 6 nitrogen and oxygen atoms in total. The lowest BCUT2D eigenvalue weighted by Gasteiger charge is -2.22. The molecule has 2 aromatic heterocycles. The molecule has 0 aliphatic carbocycles. The van der Waals surface area contributed by atoms with Crippen molar-refractivity contribution in [1.29, 1.82) is 0 Å². The molecule has 0 bridgehead atoms. The number of hydrogen-bond donors (Lipinski definition) is 1. The van der Waals surface area contributed by atoms with Crippen LogP contribution >= 0.6 is 11.3 Å². The average molecular weight is 312 g/mol. The van der Waals surface area contributed by atoms with Crippen LogP contribution < -0.4 is 5.32 Å². The Bertz CT molecular complexity index is 691. The molecule has 1 aliphatic heterocycles. The minimum Gasteiger partial charge on any atom is -0.312 e. The molecule has 8 heteroatoms. The molecule has 0 aromatic carbocycles. The zero-order chi connectivity index (χ0) is 14.2. The molecular weight excluding hydrogens is 296 g/mol. The number of sulfone groups is 1. The van der Waals surface area contributed by atoms with E-state index in [9.17, 15) is 8.42 Å². The molecule has 3 heterocycles. The fraction of sp³-hybridized carbons (Fsp3) is 0.500. The van der Waals surface area contributed by atoms with Gasteiger partial charge >= 0.3 is 0 Å². The number of rotatable bonds is 3. The number of nitrogens with zero attached hydrogens (tertiary/aromatic N) is 3. The first-order chi connectivity index (χ1) is 9.53. The molecule has 1 saturated heterocycles. The van der Waals surface area contributed by atoms with E-state index in [1.165, 1.54) is 0 Å². The van der Waals surface area contributed by atoms with Crippen LogP contribution in [0, 0.1) is 0 Å². The highest BCUT2D eigenvalue weighted by Crippen LogP contribution is 2.21. The summed E-state index contributed by atoms with van der Waals surface area (Å²) in [6.07, 6.45) is 0.577. The molecule has 0 radical (unpaired) electrons. The van der Waals surface area contributed by atoms with Gasteiger partial charge in [-0.1, -0.05) is 6.07 Å². The van der Waals surface area contributed by atoms with E-state index in [4.69, 9.17) is 0 Å². The molecule has 108 valence electrons. The van der Waals surface area contributed by atoms with E-state index in [1.807, 2.05) is 24.6 Å². The Labute approximate surface area is 121 Å². The van der Waals surface area contributed by atoms with Crippen LogP contribution in [-0.4, -0.2) is 47.3 Å². The lowest BCUT2D eigenvalue weighted by atomic mass is 10.2. The number of hydrogen-bond acceptors (Lipinski definition) is 6. The van der Waals surface area contributed by atoms with Crippen molar-refractivity contribution >= 4 is 21.2 Å². The average Bonchev–Trinajstić information content (AvgIpc) is 2.98. The first-order valence-electron chi connectivity index (χ1n) is 6.41. The van der Waals surface area contributed by atoms with Crippen LogP contribution in [0.25, 0.3) is 10.7 Å². The van der Waals surface area contributed by atoms with Gasteiger partial charge in [0.05, 0.1) is 16.4 Å². The minimum absolute atomic E-state index is 0.0761. The van der Waals surface area contributed by atoms with Crippen molar-refractivity contribution in [2.24, 2.45) is 7.05 Å². The predicted octanol–water partition coefficient (Wildman–Crippen LogP) is 0.473. The first-order valence-corrected chi connectivity index (χ1v) is 9.11. The Morgan fingerprint density at radius 3 is 3.10 bits per heavy atom. The highest BCUT2D eigenvalue weighted by Gasteiger charge is 2.26. The molecule has 0 spiro atoms. The molecule has 20 heavy (non-hydrogen) atoms. The quantitative estimate of drug-likeness (QED) is 0.891. The standard InChI is InChI=1S/C12H16N4O2S2/c1-16-11(7-9-8-20(17,18)6-4-13-9)14-12(15-16)10-3-2-5-19-10/h2-3,5,9,13H,4,6-8H2,1H3. The molecule has 1 aliphatic rings. The Kier molecular flexibility index (Phi) is 3.61. The second-order valence-electron chi connectivity index (χ2n) is 4.92. The van der Waals surface area contributed by atoms with Crippen molar-refractivity contribution in [3.05, 3.63) is 23.3 Å². The van der Waals surface area contributed by atoms with E-state index < -0.39 is 9.84 Å². The normalized spacial score (nSPS) is 21.9. The van der Waals surface area contributed by atoms with Crippen LogP contribution in [-0.2, 0) is 23.3 Å². The summed E-state index contributed by atoms with van der Waals surface area (Å²) >= 11 is 1.59. The third-order valence-corrected chi connectivity index (χ3v) is 5.93. The molecule has 1 N–H and O–H groups in total. The van der Waals surface area contributed by atoms with Gasteiger partial charge in [0.2, 0.25) is 0 Å². The number of thiophene rings is 1. The van der Waals surface area contributed by atoms with Crippen molar-refractivity contribution in [2.45, 2.75) is 12.5 Å². The Hall–Kier alpha value is -1.25. The highest BCUT2D eigenvalue weighted by molar-refractivity contribution is 7.91. The largest absolute Gasteiger partial charge is 0.312 e. The molecule has 0 saturated carbocycles. The Morgan fingerprint density at radius 1 is 1.55 bits per heavy atom. The smallest absolute Gasteiger partial charge is 0.191 e. The molecule has 1 fully saturated rings. The van der Waals surface area contributed by atoms with E-state index in [0.29, 0.717) is 18.8 Å². The number of nitrogens with one attached hydrogen (secondary N) is 1. The van der Waals surface area contributed by atoms with Gasteiger partial charge in [0, 0.05) is 26.1 Å². The molecular formula is C12H16N4O2S2. The van der Waals surface area contributed by atoms with Crippen LogP contribution in [0.4, 0.5) is 0 Å². The fourth-order valence-electron chi connectivity index (χ4n) is 2.32. The van der Waals surface area contributed by atoms with Crippen LogP contribution in [0.3, 0.4) is 0 Å². The van der Waals surface area contributed by atoms with E-state index in [2.05, 4.69) is 15.4 Å². The van der Waals surface area contributed by atoms with Gasteiger partial charge < -0.3 is 5.32 Å². The van der Waals surface area contributed by atoms with Crippen molar-refractivity contribution in [2.75, 3.05) is 18.1 Å². The maximum absolute atomic E-state index is 11.6. The topological polar surface area (TPSA) is 76.9 Å². The summed E-state index contributed by atoms with van der Waals surface area (Å²) in [7, 11) is -1.08. The second kappa shape index (κ2) is 5.27. The molecule has 0 amide bonds. The molecule has 1 unspecified atom stereocenters. The summed E-state index contributed by atoms with van der Waals surface area (Å²) in [6, 6.07) is 3.87. The second-order valence-corrected chi connectivity index (χ2v) is 8.10. The van der Waals surface area contributed by atoms with E-state index in [0.717, 1.165) is 10.7 Å². The number of aryl methyl sites for hydroxylation is 1. The maximum Gasteiger partial charge on any atom is 0.191 e. The van der Waals surface area contributed by atoms with Gasteiger partial charge in [-0.15, -0.1) is 11.3 Å². The third-order valence-electron chi connectivity index (χ3n) is 3.32. The predicted molar refractivity (Wildman–Crippen MR) is 78.5 cm³/mol. The summed E-state index contributed by atoms with van der Waals surface area (Å²) in [5.74, 6) is 1.91. The lowest BCUT2D eigenvalue weighted by molar-refractivity contribution is 0.500. The Morgan fingerprint density at radius 2 is 2.40 bits per heavy atom. The van der Waals surface area contributed by atoms with Crippen LogP contribution in [0.1, 0.15) is 5.82 Å². The molecule has 2 aromatic rings. The van der Waals surface area contributed by atoms with Crippen molar-refractivity contribution in [1.82, 2.24) is 20.1 Å². The van der Waals surface area contributed by atoms with Gasteiger partial charge in [0.15, 0.2) is 15.7 Å². The first kappa shape index (κ1) is 13.7. The maximum atomic E-state index is 11.6. The van der Waals surface area contributed by atoms with Gasteiger partial charge in [-0.2, -0.15) is 5.10 Å². The highest BCUT2D eigenvalue weighted by atomic mass is 32.2. The Balaban J connectivity index is 1.78. The monoisotopic (exact) mass is 312 g/mol. The zero-order valence-corrected chi connectivity index (χ0v) is 12.7. The summed E-state index contributed by atoms with van der Waals surface area (Å²) < 4.78 is 25.0. The third kappa shape index (κ3) is 2.92. The van der Waals surface area contributed by atoms with Crippen molar-refractivity contribution in [3.63, 3.8) is 0 Å². The summed E-state index contributed by atoms with van der Waals surface area (Å²) in [6.45, 7) is 0.517. The summed E-state index contributed by atoms with van der Waals surface area (Å²) in [5, 5.41) is 9.62. The van der Waals surface area contributed by atoms with Gasteiger partial charge in [0.25, 0.3) is 0 Å². The lowest BCUT2D eigenvalue weighted by Crippen LogP contribution is -2.46. The van der Waals surface area contributed by atoms with Crippen molar-refractivity contribution in [3.8, 4) is 10.7 Å². The molecule has 1 atom stereocenters. The summed E-state index contributed by atoms with van der Waals surface area (Å²) in [4.78, 5) is 5.55. The van der Waals surface area contributed by atoms with Gasteiger partial charge in [0.1, 0.15) is 5.82 Å². The molecule has 3 rings (SSSR count). The number of aromatic nitrogens is 3. The minimum atomic E-state index is -2.92.